The minimum absolute atomic E-state index is 0.270. The van der Waals surface area contributed by atoms with Gasteiger partial charge in [-0.1, -0.05) is 146 Å². The number of nitrogens with zero attached hydrogens (tertiary/aromatic N) is 3. The summed E-state index contributed by atoms with van der Waals surface area (Å²) in [4.78, 5) is 10.1. The summed E-state index contributed by atoms with van der Waals surface area (Å²) in [5.74, 6) is 1.45. The summed E-state index contributed by atoms with van der Waals surface area (Å²) in [5, 5.41) is 8.15. The van der Waals surface area contributed by atoms with Crippen molar-refractivity contribution in [2.24, 2.45) is 9.98 Å². The Bertz CT molecular complexity index is 3160. The molecular formula is C51H34N4O. The van der Waals surface area contributed by atoms with E-state index < -0.39 is 0 Å². The molecule has 8 aromatic carbocycles. The van der Waals surface area contributed by atoms with E-state index in [2.05, 4.69) is 168 Å². The maximum absolute atomic E-state index is 6.67. The van der Waals surface area contributed by atoms with Crippen LogP contribution in [0.1, 0.15) is 22.9 Å². The number of hydrogen-bond acceptors (Lipinski definition) is 4. The molecule has 0 saturated heterocycles. The van der Waals surface area contributed by atoms with Gasteiger partial charge in [0.05, 0.1) is 11.0 Å². The van der Waals surface area contributed by atoms with Gasteiger partial charge in [-0.25, -0.2) is 9.98 Å². The number of hydrogen-bond donors (Lipinski definition) is 1. The van der Waals surface area contributed by atoms with Gasteiger partial charge in [0.15, 0.2) is 5.84 Å². The van der Waals surface area contributed by atoms with Crippen LogP contribution in [0.15, 0.2) is 209 Å². The number of furan rings is 1. The molecule has 0 saturated carbocycles. The van der Waals surface area contributed by atoms with Gasteiger partial charge in [-0.3, -0.25) is 0 Å². The van der Waals surface area contributed by atoms with E-state index in [1.54, 1.807) is 0 Å². The van der Waals surface area contributed by atoms with E-state index >= 15 is 0 Å². The molecule has 10 aromatic rings. The smallest absolute Gasteiger partial charge is 0.159 e. The molecule has 0 amide bonds. The summed E-state index contributed by atoms with van der Waals surface area (Å²) in [6.07, 6.45) is -0.270. The predicted molar refractivity (Wildman–Crippen MR) is 231 cm³/mol. The molecule has 0 aliphatic carbocycles. The molecule has 5 nitrogen and oxygen atoms in total. The second-order valence-corrected chi connectivity index (χ2v) is 14.2. The minimum Gasteiger partial charge on any atom is -0.456 e. The lowest BCUT2D eigenvalue weighted by atomic mass is 9.91. The van der Waals surface area contributed by atoms with Crippen molar-refractivity contribution in [2.75, 3.05) is 0 Å². The number of amidine groups is 2. The van der Waals surface area contributed by atoms with E-state index in [4.69, 9.17) is 14.4 Å². The van der Waals surface area contributed by atoms with Gasteiger partial charge in [0.25, 0.3) is 0 Å². The quantitative estimate of drug-likeness (QED) is 0.186. The first-order valence-corrected chi connectivity index (χ1v) is 18.9. The molecule has 2 aromatic heterocycles. The number of rotatable bonds is 6. The molecule has 11 rings (SSSR count). The van der Waals surface area contributed by atoms with Crippen molar-refractivity contribution in [3.63, 3.8) is 0 Å². The fourth-order valence-corrected chi connectivity index (χ4v) is 8.28. The second kappa shape index (κ2) is 13.1. The summed E-state index contributed by atoms with van der Waals surface area (Å²) in [7, 11) is 0. The lowest BCUT2D eigenvalue weighted by Gasteiger charge is -2.23. The van der Waals surface area contributed by atoms with Crippen molar-refractivity contribution in [2.45, 2.75) is 6.17 Å². The largest absolute Gasteiger partial charge is 0.456 e. The normalized spacial score (nSPS) is 14.2. The van der Waals surface area contributed by atoms with Gasteiger partial charge in [0, 0.05) is 38.4 Å². The third-order valence-corrected chi connectivity index (χ3v) is 10.9. The topological polar surface area (TPSA) is 54.8 Å². The third-order valence-electron chi connectivity index (χ3n) is 10.9. The molecule has 1 N–H and O–H groups in total. The molecule has 0 spiro atoms. The highest BCUT2D eigenvalue weighted by atomic mass is 16.3. The zero-order valence-electron chi connectivity index (χ0n) is 30.3. The maximum atomic E-state index is 6.67. The first kappa shape index (κ1) is 32.0. The zero-order chi connectivity index (χ0) is 37.0. The van der Waals surface area contributed by atoms with Gasteiger partial charge in [-0.05, 0) is 76.3 Å². The van der Waals surface area contributed by atoms with Gasteiger partial charge in [-0.15, -0.1) is 0 Å². The standard InChI is InChI=1S/C51H34N4O/c1-4-15-33(16-5-1)49-52-50(34-17-6-2-7-18-34)54-51(53-49)36-28-30-41-40-29-27-35(31-46(40)56-47(41)32-36)38-21-10-11-22-39(38)42-24-14-26-45-48(42)43-23-12-13-25-44(43)55(45)37-19-8-3-9-20-37/h1-32,49H,(H,52,53,54). The number of benzene rings is 8. The van der Waals surface area contributed by atoms with Gasteiger partial charge >= 0.3 is 0 Å². The average Bonchev–Trinajstić information content (AvgIpc) is 3.82. The van der Waals surface area contributed by atoms with Crippen LogP contribution in [0, 0.1) is 0 Å². The molecule has 3 heterocycles. The molecule has 5 heteroatoms. The Morgan fingerprint density at radius 1 is 0.464 bits per heavy atom. The summed E-state index contributed by atoms with van der Waals surface area (Å²) in [6.45, 7) is 0. The van der Waals surface area contributed by atoms with E-state index in [0.717, 1.165) is 61.3 Å². The lowest BCUT2D eigenvalue weighted by molar-refractivity contribution is 0.667. The van der Waals surface area contributed by atoms with Gasteiger partial charge in [0.2, 0.25) is 0 Å². The minimum atomic E-state index is -0.270. The van der Waals surface area contributed by atoms with Gasteiger partial charge < -0.3 is 14.3 Å². The monoisotopic (exact) mass is 718 g/mol. The van der Waals surface area contributed by atoms with Crippen LogP contribution < -0.4 is 5.32 Å². The molecule has 0 bridgehead atoms. The van der Waals surface area contributed by atoms with Crippen LogP contribution >= 0.6 is 0 Å². The maximum Gasteiger partial charge on any atom is 0.159 e. The number of para-hydroxylation sites is 2. The molecule has 264 valence electrons. The van der Waals surface area contributed by atoms with Gasteiger partial charge in [0.1, 0.15) is 23.2 Å². The molecule has 1 unspecified atom stereocenters. The Kier molecular flexibility index (Phi) is 7.49. The van der Waals surface area contributed by atoms with Crippen LogP contribution in [0.4, 0.5) is 0 Å². The molecule has 0 radical (unpaired) electrons. The average molecular weight is 719 g/mol. The Hall–Kier alpha value is -7.50. The summed E-state index contributed by atoms with van der Waals surface area (Å²) >= 11 is 0. The SMILES string of the molecule is c1ccc(C2=NC(c3ccc4c(c3)oc3cc(-c5ccccc5-c5cccc6c5c5ccccc5n6-c5ccccc5)ccc34)=NC(c3ccccc3)N2)cc1. The van der Waals surface area contributed by atoms with E-state index in [1.165, 1.54) is 32.9 Å². The van der Waals surface area contributed by atoms with E-state index in [1.807, 2.05) is 36.4 Å². The van der Waals surface area contributed by atoms with E-state index in [-0.39, 0.29) is 6.17 Å². The van der Waals surface area contributed by atoms with Gasteiger partial charge in [-0.2, -0.15) is 0 Å². The summed E-state index contributed by atoms with van der Waals surface area (Å²) < 4.78 is 9.04. The van der Waals surface area contributed by atoms with Crippen molar-refractivity contribution < 1.29 is 4.42 Å². The van der Waals surface area contributed by atoms with Crippen molar-refractivity contribution >= 4 is 55.4 Å². The molecule has 1 aliphatic heterocycles. The van der Waals surface area contributed by atoms with Crippen molar-refractivity contribution in [3.05, 3.63) is 211 Å². The highest BCUT2D eigenvalue weighted by Gasteiger charge is 2.22. The second-order valence-electron chi connectivity index (χ2n) is 14.2. The predicted octanol–water partition coefficient (Wildman–Crippen LogP) is 12.5. The van der Waals surface area contributed by atoms with Crippen LogP contribution in [0.3, 0.4) is 0 Å². The van der Waals surface area contributed by atoms with Crippen LogP contribution in [-0.4, -0.2) is 16.2 Å². The third kappa shape index (κ3) is 5.32. The van der Waals surface area contributed by atoms with Crippen LogP contribution in [0.25, 0.3) is 71.7 Å². The lowest BCUT2D eigenvalue weighted by Crippen LogP contribution is -2.33. The fourth-order valence-electron chi connectivity index (χ4n) is 8.28. The molecule has 1 atom stereocenters. The number of aliphatic imine (C=N–C) groups is 2. The Balaban J connectivity index is 1.02. The Labute approximate surface area is 323 Å². The van der Waals surface area contributed by atoms with Crippen LogP contribution in [-0.2, 0) is 0 Å². The van der Waals surface area contributed by atoms with Crippen LogP contribution in [0.2, 0.25) is 0 Å². The number of aromatic nitrogens is 1. The zero-order valence-corrected chi connectivity index (χ0v) is 30.3. The fraction of sp³-hybridized carbons (Fsp3) is 0.0196. The van der Waals surface area contributed by atoms with Crippen molar-refractivity contribution in [1.29, 1.82) is 0 Å². The van der Waals surface area contributed by atoms with Crippen molar-refractivity contribution in [1.82, 2.24) is 9.88 Å². The molecule has 0 fully saturated rings. The molecule has 1 aliphatic rings. The Morgan fingerprint density at radius 2 is 1.07 bits per heavy atom. The first-order valence-electron chi connectivity index (χ1n) is 18.9. The highest BCUT2D eigenvalue weighted by molar-refractivity contribution is 6.17. The molecular weight excluding hydrogens is 685 g/mol. The van der Waals surface area contributed by atoms with E-state index in [0.29, 0.717) is 5.84 Å². The number of fused-ring (bicyclic) bond motifs is 6. The summed E-state index contributed by atoms with van der Waals surface area (Å²) in [5.41, 5.74) is 12.8. The summed E-state index contributed by atoms with van der Waals surface area (Å²) in [6, 6.07) is 68.1. The Morgan fingerprint density at radius 3 is 1.86 bits per heavy atom. The number of nitrogens with one attached hydrogen (secondary N) is 1. The first-order chi connectivity index (χ1) is 27.8. The molecule has 56 heavy (non-hydrogen) atoms. The van der Waals surface area contributed by atoms with Crippen LogP contribution in [0.5, 0.6) is 0 Å². The van der Waals surface area contributed by atoms with E-state index in [9.17, 15) is 0 Å². The highest BCUT2D eigenvalue weighted by Crippen LogP contribution is 2.42. The van der Waals surface area contributed by atoms with Crippen molar-refractivity contribution in [3.8, 4) is 27.9 Å².